The Labute approximate surface area is 162 Å². The summed E-state index contributed by atoms with van der Waals surface area (Å²) in [6, 6.07) is 14.6. The SMILES string of the molecule is COc1ccccc1NC(=O)Nc1cc(-c2cn3cccnc3n2)ccc1C. The summed E-state index contributed by atoms with van der Waals surface area (Å²) in [7, 11) is 1.57. The summed E-state index contributed by atoms with van der Waals surface area (Å²) >= 11 is 0. The fourth-order valence-corrected chi connectivity index (χ4v) is 2.91. The van der Waals surface area contributed by atoms with Crippen LogP contribution in [-0.4, -0.2) is 27.5 Å². The fraction of sp³-hybridized carbons (Fsp3) is 0.0952. The van der Waals surface area contributed by atoms with E-state index >= 15 is 0 Å². The second-order valence-electron chi connectivity index (χ2n) is 6.26. The van der Waals surface area contributed by atoms with Crippen molar-refractivity contribution in [3.63, 3.8) is 0 Å². The molecule has 0 radical (unpaired) electrons. The number of hydrogen-bond acceptors (Lipinski definition) is 4. The zero-order valence-corrected chi connectivity index (χ0v) is 15.5. The molecule has 0 saturated carbocycles. The maximum Gasteiger partial charge on any atom is 0.323 e. The van der Waals surface area contributed by atoms with Gasteiger partial charge in [-0.2, -0.15) is 0 Å². The first kappa shape index (κ1) is 17.5. The molecule has 0 fully saturated rings. The van der Waals surface area contributed by atoms with Crippen LogP contribution in [0.15, 0.2) is 67.1 Å². The zero-order valence-electron chi connectivity index (χ0n) is 15.5. The van der Waals surface area contributed by atoms with E-state index in [9.17, 15) is 4.79 Å². The summed E-state index contributed by atoms with van der Waals surface area (Å²) in [4.78, 5) is 21.3. The van der Waals surface area contributed by atoms with Gasteiger partial charge >= 0.3 is 6.03 Å². The van der Waals surface area contributed by atoms with Crippen molar-refractivity contribution in [1.29, 1.82) is 0 Å². The van der Waals surface area contributed by atoms with Crippen LogP contribution in [-0.2, 0) is 0 Å². The molecule has 0 aliphatic heterocycles. The molecule has 2 amide bonds. The molecular weight excluding hydrogens is 354 g/mol. The molecular formula is C21H19N5O2. The molecule has 7 heteroatoms. The summed E-state index contributed by atoms with van der Waals surface area (Å²) in [6.07, 6.45) is 5.51. The largest absolute Gasteiger partial charge is 0.495 e. The highest BCUT2D eigenvalue weighted by Crippen LogP contribution is 2.26. The van der Waals surface area contributed by atoms with Gasteiger partial charge in [0.25, 0.3) is 0 Å². The average molecular weight is 373 g/mol. The standard InChI is InChI=1S/C21H19N5O2/c1-14-8-9-15(18-13-26-11-5-10-22-20(26)23-18)12-17(14)25-21(27)24-16-6-3-4-7-19(16)28-2/h3-13H,1-2H3,(H2,24,25,27). The van der Waals surface area contributed by atoms with Gasteiger partial charge in [0.15, 0.2) is 0 Å². The summed E-state index contributed by atoms with van der Waals surface area (Å²) in [5.74, 6) is 1.22. The topological polar surface area (TPSA) is 80.5 Å². The van der Waals surface area contributed by atoms with E-state index in [-0.39, 0.29) is 6.03 Å². The molecule has 0 bridgehead atoms. The van der Waals surface area contributed by atoms with Gasteiger partial charge < -0.3 is 15.4 Å². The Balaban J connectivity index is 1.58. The molecule has 28 heavy (non-hydrogen) atoms. The summed E-state index contributed by atoms with van der Waals surface area (Å²) < 4.78 is 7.12. The molecule has 2 aromatic heterocycles. The van der Waals surface area contributed by atoms with Gasteiger partial charge in [0, 0.05) is 29.8 Å². The predicted octanol–water partition coefficient (Wildman–Crippen LogP) is 4.36. The number of imidazole rings is 1. The molecule has 4 rings (SSSR count). The van der Waals surface area contributed by atoms with E-state index in [1.165, 1.54) is 0 Å². The second kappa shape index (κ2) is 7.40. The summed E-state index contributed by atoms with van der Waals surface area (Å²) in [6.45, 7) is 1.94. The molecule has 0 unspecified atom stereocenters. The molecule has 2 heterocycles. The first-order valence-corrected chi connectivity index (χ1v) is 8.76. The average Bonchev–Trinajstić information content (AvgIpc) is 3.14. The number of benzene rings is 2. The number of aromatic nitrogens is 3. The maximum absolute atomic E-state index is 12.5. The quantitative estimate of drug-likeness (QED) is 0.557. The summed E-state index contributed by atoms with van der Waals surface area (Å²) in [5.41, 5.74) is 3.93. The van der Waals surface area contributed by atoms with Gasteiger partial charge in [-0.05, 0) is 36.8 Å². The van der Waals surface area contributed by atoms with Crippen molar-refractivity contribution in [1.82, 2.24) is 14.4 Å². The van der Waals surface area contributed by atoms with Crippen LogP contribution in [0.3, 0.4) is 0 Å². The van der Waals surface area contributed by atoms with Gasteiger partial charge in [0.1, 0.15) is 5.75 Å². The number of amides is 2. The van der Waals surface area contributed by atoms with E-state index in [4.69, 9.17) is 4.74 Å². The van der Waals surface area contributed by atoms with Crippen LogP contribution >= 0.6 is 0 Å². The number of nitrogens with zero attached hydrogens (tertiary/aromatic N) is 3. The Hall–Kier alpha value is -3.87. The number of hydrogen-bond donors (Lipinski definition) is 2. The molecule has 0 saturated heterocycles. The number of ether oxygens (including phenoxy) is 1. The van der Waals surface area contributed by atoms with Crippen molar-refractivity contribution in [2.24, 2.45) is 0 Å². The lowest BCUT2D eigenvalue weighted by molar-refractivity contribution is 0.262. The van der Waals surface area contributed by atoms with Crippen LogP contribution < -0.4 is 15.4 Å². The van der Waals surface area contributed by atoms with Crippen molar-refractivity contribution in [3.8, 4) is 17.0 Å². The lowest BCUT2D eigenvalue weighted by Gasteiger charge is -2.13. The second-order valence-corrected chi connectivity index (χ2v) is 6.26. The number of fused-ring (bicyclic) bond motifs is 1. The van der Waals surface area contributed by atoms with Crippen molar-refractivity contribution < 1.29 is 9.53 Å². The van der Waals surface area contributed by atoms with Crippen molar-refractivity contribution in [2.75, 3.05) is 17.7 Å². The Morgan fingerprint density at radius 1 is 1.07 bits per heavy atom. The van der Waals surface area contributed by atoms with Gasteiger partial charge in [0.2, 0.25) is 5.78 Å². The highest BCUT2D eigenvalue weighted by molar-refractivity contribution is 6.01. The third kappa shape index (κ3) is 3.50. The number of methoxy groups -OCH3 is 1. The molecule has 0 aliphatic rings. The minimum absolute atomic E-state index is 0.346. The normalized spacial score (nSPS) is 10.6. The van der Waals surface area contributed by atoms with Gasteiger partial charge in [-0.1, -0.05) is 24.3 Å². The first-order valence-electron chi connectivity index (χ1n) is 8.76. The highest BCUT2D eigenvalue weighted by atomic mass is 16.5. The molecule has 0 aliphatic carbocycles. The van der Waals surface area contributed by atoms with Gasteiger partial charge in [-0.15, -0.1) is 0 Å². The number of rotatable bonds is 4. The Kier molecular flexibility index (Phi) is 4.63. The number of aryl methyl sites for hydroxylation is 1. The van der Waals surface area contributed by atoms with E-state index in [1.54, 1.807) is 25.4 Å². The van der Waals surface area contributed by atoms with Gasteiger partial charge in [-0.25, -0.2) is 14.8 Å². The number of nitrogens with one attached hydrogen (secondary N) is 2. The van der Waals surface area contributed by atoms with Crippen molar-refractivity contribution in [3.05, 3.63) is 72.7 Å². The number of carbonyl (C=O) groups is 1. The molecule has 0 spiro atoms. The van der Waals surface area contributed by atoms with Crippen LogP contribution in [0.1, 0.15) is 5.56 Å². The van der Waals surface area contributed by atoms with Gasteiger partial charge in [-0.3, -0.25) is 4.40 Å². The maximum atomic E-state index is 12.5. The van der Waals surface area contributed by atoms with Gasteiger partial charge in [0.05, 0.1) is 18.5 Å². The van der Waals surface area contributed by atoms with Crippen molar-refractivity contribution in [2.45, 2.75) is 6.92 Å². The van der Waals surface area contributed by atoms with Crippen LogP contribution in [0.2, 0.25) is 0 Å². The number of carbonyl (C=O) groups excluding carboxylic acids is 1. The van der Waals surface area contributed by atoms with E-state index in [1.807, 2.05) is 60.1 Å². The molecule has 2 N–H and O–H groups in total. The van der Waals surface area contributed by atoms with Crippen LogP contribution in [0, 0.1) is 6.92 Å². The number of para-hydroxylation sites is 2. The Morgan fingerprint density at radius 2 is 1.89 bits per heavy atom. The third-order valence-electron chi connectivity index (χ3n) is 4.37. The van der Waals surface area contributed by atoms with Crippen LogP contribution in [0.5, 0.6) is 5.75 Å². The highest BCUT2D eigenvalue weighted by Gasteiger charge is 2.11. The molecule has 0 atom stereocenters. The fourth-order valence-electron chi connectivity index (χ4n) is 2.91. The summed E-state index contributed by atoms with van der Waals surface area (Å²) in [5, 5.41) is 5.71. The zero-order chi connectivity index (χ0) is 19.5. The smallest absolute Gasteiger partial charge is 0.323 e. The number of anilines is 2. The third-order valence-corrected chi connectivity index (χ3v) is 4.37. The minimum atomic E-state index is -0.346. The number of urea groups is 1. The van der Waals surface area contributed by atoms with E-state index < -0.39 is 0 Å². The van der Waals surface area contributed by atoms with Crippen LogP contribution in [0.4, 0.5) is 16.2 Å². The Bertz CT molecular complexity index is 1120. The predicted molar refractivity (Wildman–Crippen MR) is 109 cm³/mol. The van der Waals surface area contributed by atoms with Crippen LogP contribution in [0.25, 0.3) is 17.0 Å². The van der Waals surface area contributed by atoms with E-state index in [0.29, 0.717) is 22.9 Å². The lowest BCUT2D eigenvalue weighted by atomic mass is 10.1. The van der Waals surface area contributed by atoms with E-state index in [2.05, 4.69) is 20.6 Å². The first-order chi connectivity index (χ1) is 13.6. The Morgan fingerprint density at radius 3 is 2.71 bits per heavy atom. The monoisotopic (exact) mass is 373 g/mol. The minimum Gasteiger partial charge on any atom is -0.495 e. The lowest BCUT2D eigenvalue weighted by Crippen LogP contribution is -2.20. The molecule has 2 aromatic carbocycles. The van der Waals surface area contributed by atoms with E-state index in [0.717, 1.165) is 16.8 Å². The molecule has 7 nitrogen and oxygen atoms in total. The molecule has 140 valence electrons. The van der Waals surface area contributed by atoms with Crippen molar-refractivity contribution >= 4 is 23.2 Å². The molecule has 4 aromatic rings.